The van der Waals surface area contributed by atoms with Crippen LogP contribution in [-0.2, 0) is 0 Å². The zero-order valence-corrected chi connectivity index (χ0v) is 14.3. The summed E-state index contributed by atoms with van der Waals surface area (Å²) in [7, 11) is 0. The van der Waals surface area contributed by atoms with Crippen LogP contribution in [0.5, 0.6) is 0 Å². The molecule has 0 fully saturated rings. The molecule has 1 aromatic rings. The van der Waals surface area contributed by atoms with Gasteiger partial charge in [0.05, 0.1) is 10.4 Å². The zero-order chi connectivity index (χ0) is 14.8. The van der Waals surface area contributed by atoms with Crippen molar-refractivity contribution in [3.8, 4) is 0 Å². The molecule has 0 aliphatic heterocycles. The Balaban J connectivity index is 2.35. The lowest BCUT2D eigenvalue weighted by molar-refractivity contribution is 0.143. The van der Waals surface area contributed by atoms with E-state index in [2.05, 4.69) is 18.7 Å². The first kappa shape index (κ1) is 18.0. The minimum atomic E-state index is -0.372. The van der Waals surface area contributed by atoms with Crippen molar-refractivity contribution in [2.45, 2.75) is 58.5 Å². The molecule has 1 N–H and O–H groups in total. The smallest absolute Gasteiger partial charge is 0.0932 e. The predicted octanol–water partition coefficient (Wildman–Crippen LogP) is 5.12. The fourth-order valence-corrected chi connectivity index (χ4v) is 3.34. The number of unbranched alkanes of at least 4 members (excludes halogenated alkanes) is 3. The van der Waals surface area contributed by atoms with Crippen LogP contribution >= 0.6 is 22.9 Å². The van der Waals surface area contributed by atoms with Gasteiger partial charge in [0.15, 0.2) is 0 Å². The first-order valence-corrected chi connectivity index (χ1v) is 9.02. The predicted molar refractivity (Wildman–Crippen MR) is 89.8 cm³/mol. The number of hydrogen-bond donors (Lipinski definition) is 1. The summed E-state index contributed by atoms with van der Waals surface area (Å²) in [5.41, 5.74) is 0. The monoisotopic (exact) mass is 317 g/mol. The quantitative estimate of drug-likeness (QED) is 0.573. The van der Waals surface area contributed by atoms with Gasteiger partial charge < -0.3 is 10.0 Å². The fourth-order valence-electron chi connectivity index (χ4n) is 2.26. The van der Waals surface area contributed by atoms with E-state index in [1.54, 1.807) is 0 Å². The molecule has 116 valence electrons. The van der Waals surface area contributed by atoms with Crippen LogP contribution in [-0.4, -0.2) is 29.6 Å². The molecule has 1 atom stereocenters. The molecule has 1 heterocycles. The van der Waals surface area contributed by atoms with E-state index in [4.69, 9.17) is 11.6 Å². The van der Waals surface area contributed by atoms with Gasteiger partial charge in [0.1, 0.15) is 0 Å². The lowest BCUT2D eigenvalue weighted by Gasteiger charge is -2.23. The Kier molecular flexibility index (Phi) is 9.53. The van der Waals surface area contributed by atoms with E-state index in [1.165, 1.54) is 43.4 Å². The first-order chi connectivity index (χ1) is 9.67. The molecule has 0 aromatic carbocycles. The molecule has 0 aliphatic carbocycles. The van der Waals surface area contributed by atoms with Gasteiger partial charge in [-0.1, -0.05) is 44.7 Å². The lowest BCUT2D eigenvalue weighted by atomic mass is 10.2. The van der Waals surface area contributed by atoms with E-state index in [0.717, 1.165) is 35.3 Å². The minimum absolute atomic E-state index is 0.372. The summed E-state index contributed by atoms with van der Waals surface area (Å²) in [6.07, 6.45) is 6.72. The topological polar surface area (TPSA) is 23.5 Å². The maximum Gasteiger partial charge on any atom is 0.0932 e. The number of nitrogens with zero attached hydrogens (tertiary/aromatic N) is 1. The third-order valence-electron chi connectivity index (χ3n) is 3.55. The van der Waals surface area contributed by atoms with Crippen molar-refractivity contribution >= 4 is 22.9 Å². The van der Waals surface area contributed by atoms with Gasteiger partial charge in [-0.25, -0.2) is 0 Å². The maximum atomic E-state index is 10.2. The van der Waals surface area contributed by atoms with Crippen LogP contribution in [0.3, 0.4) is 0 Å². The Morgan fingerprint density at radius 3 is 2.40 bits per heavy atom. The van der Waals surface area contributed by atoms with Gasteiger partial charge in [-0.3, -0.25) is 0 Å². The van der Waals surface area contributed by atoms with Crippen LogP contribution in [0.4, 0.5) is 0 Å². The number of rotatable bonds is 11. The molecule has 0 aliphatic rings. The highest BCUT2D eigenvalue weighted by Crippen LogP contribution is 2.28. The molecule has 4 heteroatoms. The molecule has 0 radical (unpaired) electrons. The Morgan fingerprint density at radius 2 is 1.80 bits per heavy atom. The van der Waals surface area contributed by atoms with E-state index in [-0.39, 0.29) is 6.10 Å². The van der Waals surface area contributed by atoms with Crippen LogP contribution in [0, 0.1) is 0 Å². The average Bonchev–Trinajstić information content (AvgIpc) is 2.87. The first-order valence-electron chi connectivity index (χ1n) is 7.83. The summed E-state index contributed by atoms with van der Waals surface area (Å²) in [6, 6.07) is 3.80. The van der Waals surface area contributed by atoms with Gasteiger partial charge >= 0.3 is 0 Å². The normalized spacial score (nSPS) is 13.1. The number of hydrogen-bond acceptors (Lipinski definition) is 3. The summed E-state index contributed by atoms with van der Waals surface area (Å²) >= 11 is 7.40. The second-order valence-corrected chi connectivity index (χ2v) is 7.10. The van der Waals surface area contributed by atoms with Gasteiger partial charge in [0.2, 0.25) is 0 Å². The maximum absolute atomic E-state index is 10.2. The summed E-state index contributed by atoms with van der Waals surface area (Å²) in [5.74, 6) is 0. The molecule has 0 saturated carbocycles. The molecular weight excluding hydrogens is 290 g/mol. The number of thiophene rings is 1. The van der Waals surface area contributed by atoms with Crippen molar-refractivity contribution in [3.63, 3.8) is 0 Å². The largest absolute Gasteiger partial charge is 0.388 e. The molecule has 1 aromatic heterocycles. The van der Waals surface area contributed by atoms with E-state index >= 15 is 0 Å². The highest BCUT2D eigenvalue weighted by Gasteiger charge is 2.12. The van der Waals surface area contributed by atoms with Crippen molar-refractivity contribution in [1.29, 1.82) is 0 Å². The standard InChI is InChI=1S/C16H28ClNOS/c1-3-5-7-12-18(11-6-4-2)13-10-14(19)15-8-9-16(17)20-15/h8-9,14,19H,3-7,10-13H2,1-2H3. The second-order valence-electron chi connectivity index (χ2n) is 5.35. The molecule has 20 heavy (non-hydrogen) atoms. The van der Waals surface area contributed by atoms with Crippen LogP contribution in [0.25, 0.3) is 0 Å². The van der Waals surface area contributed by atoms with Gasteiger partial charge in [0, 0.05) is 11.4 Å². The van der Waals surface area contributed by atoms with E-state index < -0.39 is 0 Å². The van der Waals surface area contributed by atoms with Gasteiger partial charge in [0.25, 0.3) is 0 Å². The third kappa shape index (κ3) is 7.07. The van der Waals surface area contributed by atoms with Crippen molar-refractivity contribution in [3.05, 3.63) is 21.3 Å². The SMILES string of the molecule is CCCCCN(CCCC)CCC(O)c1ccc(Cl)s1. The van der Waals surface area contributed by atoms with Gasteiger partial charge in [-0.15, -0.1) is 11.3 Å². The Morgan fingerprint density at radius 1 is 1.10 bits per heavy atom. The Bertz CT molecular complexity index is 356. The summed E-state index contributed by atoms with van der Waals surface area (Å²) < 4.78 is 0.754. The summed E-state index contributed by atoms with van der Waals surface area (Å²) in [4.78, 5) is 3.48. The van der Waals surface area contributed by atoms with Crippen LogP contribution in [0.15, 0.2) is 12.1 Å². The highest BCUT2D eigenvalue weighted by molar-refractivity contribution is 7.16. The van der Waals surface area contributed by atoms with Gasteiger partial charge in [-0.2, -0.15) is 0 Å². The molecule has 1 unspecified atom stereocenters. The number of halogens is 1. The summed E-state index contributed by atoms with van der Waals surface area (Å²) in [6.45, 7) is 7.75. The van der Waals surface area contributed by atoms with Gasteiger partial charge in [-0.05, 0) is 44.5 Å². The Labute approximate surface area is 132 Å². The average molecular weight is 318 g/mol. The molecule has 1 rings (SSSR count). The number of aliphatic hydroxyl groups excluding tert-OH is 1. The van der Waals surface area contributed by atoms with E-state index in [9.17, 15) is 5.11 Å². The molecule has 0 saturated heterocycles. The lowest BCUT2D eigenvalue weighted by Crippen LogP contribution is -2.28. The minimum Gasteiger partial charge on any atom is -0.388 e. The number of aliphatic hydroxyl groups is 1. The second kappa shape index (κ2) is 10.6. The molecule has 0 spiro atoms. The van der Waals surface area contributed by atoms with Crippen molar-refractivity contribution in [2.75, 3.05) is 19.6 Å². The van der Waals surface area contributed by atoms with Crippen LogP contribution in [0.1, 0.15) is 63.4 Å². The highest BCUT2D eigenvalue weighted by atomic mass is 35.5. The van der Waals surface area contributed by atoms with Crippen molar-refractivity contribution in [2.24, 2.45) is 0 Å². The zero-order valence-electron chi connectivity index (χ0n) is 12.8. The molecular formula is C16H28ClNOS. The van der Waals surface area contributed by atoms with Crippen molar-refractivity contribution < 1.29 is 5.11 Å². The molecule has 0 bridgehead atoms. The fraction of sp³-hybridized carbons (Fsp3) is 0.750. The third-order valence-corrected chi connectivity index (χ3v) is 4.88. The molecule has 0 amide bonds. The van der Waals surface area contributed by atoms with Crippen LogP contribution < -0.4 is 0 Å². The summed E-state index contributed by atoms with van der Waals surface area (Å²) in [5, 5.41) is 10.2. The van der Waals surface area contributed by atoms with E-state index in [0.29, 0.717) is 0 Å². The molecule has 2 nitrogen and oxygen atoms in total. The van der Waals surface area contributed by atoms with Crippen molar-refractivity contribution in [1.82, 2.24) is 4.90 Å². The van der Waals surface area contributed by atoms with Crippen LogP contribution in [0.2, 0.25) is 4.34 Å². The Hall–Kier alpha value is -0.0900. The van der Waals surface area contributed by atoms with E-state index in [1.807, 2.05) is 12.1 Å².